The van der Waals surface area contributed by atoms with Crippen LogP contribution in [0.15, 0.2) is 47.4 Å². The lowest BCUT2D eigenvalue weighted by atomic mass is 9.87. The molecule has 2 aromatic carbocycles. The zero-order valence-corrected chi connectivity index (χ0v) is 17.5. The Morgan fingerprint density at radius 1 is 1.07 bits per heavy atom. The summed E-state index contributed by atoms with van der Waals surface area (Å²) in [7, 11) is -2.61. The molecule has 2 rings (SSSR count). The van der Waals surface area contributed by atoms with E-state index in [0.717, 1.165) is 11.1 Å². The van der Waals surface area contributed by atoms with Crippen LogP contribution in [0.1, 0.15) is 31.9 Å². The van der Waals surface area contributed by atoms with Gasteiger partial charge < -0.3 is 9.47 Å². The topological polar surface area (TPSA) is 93.7 Å². The first kappa shape index (κ1) is 21.7. The minimum atomic E-state index is -3.99. The van der Waals surface area contributed by atoms with Crippen molar-refractivity contribution in [1.82, 2.24) is 10.3 Å². The van der Waals surface area contributed by atoms with Crippen LogP contribution in [0.25, 0.3) is 0 Å². The molecule has 0 heterocycles. The van der Waals surface area contributed by atoms with E-state index < -0.39 is 15.9 Å². The van der Waals surface area contributed by atoms with Crippen molar-refractivity contribution in [3.05, 3.63) is 53.6 Å². The predicted octanol–water partition coefficient (Wildman–Crippen LogP) is 2.69. The largest absolute Gasteiger partial charge is 0.495 e. The summed E-state index contributed by atoms with van der Waals surface area (Å²) >= 11 is 0. The zero-order valence-electron chi connectivity index (χ0n) is 16.7. The Labute approximate surface area is 166 Å². The lowest BCUT2D eigenvalue weighted by Crippen LogP contribution is -2.43. The van der Waals surface area contributed by atoms with Crippen molar-refractivity contribution in [2.45, 2.75) is 38.0 Å². The average molecular weight is 407 g/mol. The van der Waals surface area contributed by atoms with E-state index >= 15 is 0 Å². The van der Waals surface area contributed by atoms with Gasteiger partial charge >= 0.3 is 0 Å². The van der Waals surface area contributed by atoms with Crippen LogP contribution in [0.3, 0.4) is 0 Å². The van der Waals surface area contributed by atoms with E-state index in [1.807, 2.05) is 12.1 Å². The first-order chi connectivity index (χ1) is 13.0. The molecule has 0 saturated carbocycles. The molecule has 7 nitrogen and oxygen atoms in total. The zero-order chi connectivity index (χ0) is 20.9. The molecule has 0 fully saturated rings. The SMILES string of the molecule is COc1ccc(C)cc1S(=O)(=O)NNC(=O)COc1ccc(C(C)(C)C)cc1. The lowest BCUT2D eigenvalue weighted by molar-refractivity contribution is -0.123. The molecule has 1 amide bonds. The average Bonchev–Trinajstić information content (AvgIpc) is 2.64. The second-order valence-electron chi connectivity index (χ2n) is 7.37. The normalized spacial score (nSPS) is 11.8. The van der Waals surface area contributed by atoms with Gasteiger partial charge in [-0.25, -0.2) is 8.42 Å². The Morgan fingerprint density at radius 2 is 1.71 bits per heavy atom. The second kappa shape index (κ2) is 8.62. The van der Waals surface area contributed by atoms with Gasteiger partial charge in [0, 0.05) is 0 Å². The Hall–Kier alpha value is -2.58. The number of carbonyl (C=O) groups excluding carboxylic acids is 1. The van der Waals surface area contributed by atoms with Crippen molar-refractivity contribution in [2.24, 2.45) is 0 Å². The molecular weight excluding hydrogens is 380 g/mol. The summed E-state index contributed by atoms with van der Waals surface area (Å²) in [5, 5.41) is 0. The fourth-order valence-corrected chi connectivity index (χ4v) is 3.52. The summed E-state index contributed by atoms with van der Waals surface area (Å²) < 4.78 is 35.3. The summed E-state index contributed by atoms with van der Waals surface area (Å²) in [4.78, 5) is 13.9. The molecule has 0 aliphatic heterocycles. The number of sulfonamides is 1. The molecule has 0 aliphatic carbocycles. The third kappa shape index (κ3) is 5.71. The summed E-state index contributed by atoms with van der Waals surface area (Å²) in [6.45, 7) is 7.74. The Morgan fingerprint density at radius 3 is 2.29 bits per heavy atom. The number of rotatable bonds is 7. The van der Waals surface area contributed by atoms with E-state index in [9.17, 15) is 13.2 Å². The quantitative estimate of drug-likeness (QED) is 0.690. The molecule has 0 atom stereocenters. The van der Waals surface area contributed by atoms with Gasteiger partial charge in [0.1, 0.15) is 16.4 Å². The summed E-state index contributed by atoms with van der Waals surface area (Å²) in [6.07, 6.45) is 0. The fourth-order valence-electron chi connectivity index (χ4n) is 2.41. The third-order valence-corrected chi connectivity index (χ3v) is 5.29. The number of aryl methyl sites for hydroxylation is 1. The number of methoxy groups -OCH3 is 1. The highest BCUT2D eigenvalue weighted by Crippen LogP contribution is 2.25. The van der Waals surface area contributed by atoms with E-state index in [1.54, 1.807) is 31.2 Å². The number of amides is 1. The predicted molar refractivity (Wildman–Crippen MR) is 107 cm³/mol. The Bertz CT molecular complexity index is 932. The molecule has 2 aromatic rings. The van der Waals surface area contributed by atoms with Gasteiger partial charge in [-0.15, -0.1) is 4.83 Å². The third-order valence-electron chi connectivity index (χ3n) is 4.02. The molecule has 2 N–H and O–H groups in total. The van der Waals surface area contributed by atoms with Crippen LogP contribution in [0.5, 0.6) is 11.5 Å². The highest BCUT2D eigenvalue weighted by atomic mass is 32.2. The standard InChI is InChI=1S/C20H26N2O5S/c1-14-6-11-17(26-5)18(12-14)28(24,25)22-21-19(23)13-27-16-9-7-15(8-10-16)20(2,3)4/h6-12,22H,13H2,1-5H3,(H,21,23). The van der Waals surface area contributed by atoms with Gasteiger partial charge in [0.2, 0.25) is 0 Å². The highest BCUT2D eigenvalue weighted by Gasteiger charge is 2.20. The molecule has 0 spiro atoms. The number of hydrazine groups is 1. The van der Waals surface area contributed by atoms with E-state index in [2.05, 4.69) is 31.0 Å². The van der Waals surface area contributed by atoms with Gasteiger partial charge in [0.05, 0.1) is 7.11 Å². The van der Waals surface area contributed by atoms with Crippen LogP contribution in [0.4, 0.5) is 0 Å². The van der Waals surface area contributed by atoms with Gasteiger partial charge in [0.15, 0.2) is 6.61 Å². The van der Waals surface area contributed by atoms with E-state index in [-0.39, 0.29) is 22.7 Å². The van der Waals surface area contributed by atoms with Crippen LogP contribution >= 0.6 is 0 Å². The minimum Gasteiger partial charge on any atom is -0.495 e. The lowest BCUT2D eigenvalue weighted by Gasteiger charge is -2.19. The molecule has 0 aliphatic rings. The van der Waals surface area contributed by atoms with E-state index in [4.69, 9.17) is 9.47 Å². The van der Waals surface area contributed by atoms with E-state index in [1.165, 1.54) is 13.2 Å². The summed E-state index contributed by atoms with van der Waals surface area (Å²) in [6, 6.07) is 12.1. The molecular formula is C20H26N2O5S. The van der Waals surface area contributed by atoms with Gasteiger partial charge in [-0.2, -0.15) is 0 Å². The number of hydrogen-bond donors (Lipinski definition) is 2. The summed E-state index contributed by atoms with van der Waals surface area (Å²) in [5.74, 6) is 0.0731. The van der Waals surface area contributed by atoms with Crippen molar-refractivity contribution in [2.75, 3.05) is 13.7 Å². The molecule has 0 bridgehead atoms. The van der Waals surface area contributed by atoms with Crippen LogP contribution in [-0.4, -0.2) is 28.0 Å². The molecule has 0 radical (unpaired) electrons. The molecule has 0 aromatic heterocycles. The van der Waals surface area contributed by atoms with Crippen molar-refractivity contribution in [3.8, 4) is 11.5 Å². The van der Waals surface area contributed by atoms with Crippen LogP contribution in [0.2, 0.25) is 0 Å². The summed E-state index contributed by atoms with van der Waals surface area (Å²) in [5.41, 5.74) is 4.05. The van der Waals surface area contributed by atoms with Crippen molar-refractivity contribution in [3.63, 3.8) is 0 Å². The van der Waals surface area contributed by atoms with Gasteiger partial charge in [0.25, 0.3) is 15.9 Å². The van der Waals surface area contributed by atoms with Crippen LogP contribution in [-0.2, 0) is 20.2 Å². The Kier molecular flexibility index (Phi) is 6.69. The maximum atomic E-state index is 12.4. The monoisotopic (exact) mass is 406 g/mol. The number of carbonyl (C=O) groups is 1. The number of hydrogen-bond acceptors (Lipinski definition) is 5. The number of ether oxygens (including phenoxy) is 2. The minimum absolute atomic E-state index is 0.0189. The molecule has 28 heavy (non-hydrogen) atoms. The van der Waals surface area contributed by atoms with Crippen molar-refractivity contribution in [1.29, 1.82) is 0 Å². The number of benzene rings is 2. The van der Waals surface area contributed by atoms with Crippen LogP contribution in [0, 0.1) is 6.92 Å². The van der Waals surface area contributed by atoms with Gasteiger partial charge in [-0.3, -0.25) is 10.2 Å². The van der Waals surface area contributed by atoms with Crippen molar-refractivity contribution < 1.29 is 22.7 Å². The number of nitrogens with one attached hydrogen (secondary N) is 2. The molecule has 0 unspecified atom stereocenters. The molecule has 0 saturated heterocycles. The van der Waals surface area contributed by atoms with E-state index in [0.29, 0.717) is 5.75 Å². The van der Waals surface area contributed by atoms with Gasteiger partial charge in [-0.1, -0.05) is 39.0 Å². The first-order valence-corrected chi connectivity index (χ1v) is 10.2. The second-order valence-corrected chi connectivity index (χ2v) is 9.02. The maximum absolute atomic E-state index is 12.4. The van der Waals surface area contributed by atoms with Crippen molar-refractivity contribution >= 4 is 15.9 Å². The molecule has 8 heteroatoms. The van der Waals surface area contributed by atoms with Crippen LogP contribution < -0.4 is 19.7 Å². The highest BCUT2D eigenvalue weighted by molar-refractivity contribution is 7.89. The molecule has 152 valence electrons. The first-order valence-electron chi connectivity index (χ1n) is 8.71. The smallest absolute Gasteiger partial charge is 0.272 e. The maximum Gasteiger partial charge on any atom is 0.272 e. The Balaban J connectivity index is 1.94. The fraction of sp³-hybridized carbons (Fsp3) is 0.350. The van der Waals surface area contributed by atoms with Gasteiger partial charge in [-0.05, 0) is 47.7 Å².